The monoisotopic (exact) mass is 236 g/mol. The number of hydrogen-bond acceptors (Lipinski definition) is 4. The second kappa shape index (κ2) is 5.69. The molecule has 1 rings (SSSR count). The van der Waals surface area contributed by atoms with Crippen LogP contribution in [0.4, 0.5) is 5.82 Å². The van der Waals surface area contributed by atoms with E-state index in [0.717, 1.165) is 11.5 Å². The van der Waals surface area contributed by atoms with E-state index in [9.17, 15) is 0 Å². The molecular weight excluding hydrogens is 216 g/mol. The quantitative estimate of drug-likeness (QED) is 0.811. The van der Waals surface area contributed by atoms with Gasteiger partial charge in [-0.05, 0) is 19.3 Å². The highest BCUT2D eigenvalue weighted by atomic mass is 16.3. The first-order valence-electron chi connectivity index (χ1n) is 5.82. The molecule has 5 heteroatoms. The third kappa shape index (κ3) is 2.98. The molecule has 2 N–H and O–H groups in total. The van der Waals surface area contributed by atoms with Crippen molar-refractivity contribution in [3.8, 4) is 6.07 Å². The molecule has 94 valence electrons. The van der Waals surface area contributed by atoms with Crippen LogP contribution < -0.4 is 5.32 Å². The predicted octanol–water partition coefficient (Wildman–Crippen LogP) is 1.42. The molecule has 0 aliphatic heterocycles. The van der Waals surface area contributed by atoms with Crippen molar-refractivity contribution in [2.24, 2.45) is 13.0 Å². The van der Waals surface area contributed by atoms with Crippen LogP contribution in [0.25, 0.3) is 0 Å². The lowest BCUT2D eigenvalue weighted by Crippen LogP contribution is -2.28. The van der Waals surface area contributed by atoms with Crippen molar-refractivity contribution in [2.75, 3.05) is 11.9 Å². The van der Waals surface area contributed by atoms with Gasteiger partial charge in [0.05, 0.1) is 5.69 Å². The molecule has 0 aliphatic carbocycles. The van der Waals surface area contributed by atoms with Crippen LogP contribution in [-0.2, 0) is 7.05 Å². The normalized spacial score (nSPS) is 12.5. The summed E-state index contributed by atoms with van der Waals surface area (Å²) in [6.45, 7) is 6.12. The van der Waals surface area contributed by atoms with Crippen molar-refractivity contribution < 1.29 is 5.11 Å². The first kappa shape index (κ1) is 13.5. The highest BCUT2D eigenvalue weighted by molar-refractivity contribution is 5.55. The van der Waals surface area contributed by atoms with Gasteiger partial charge in [-0.2, -0.15) is 10.4 Å². The minimum Gasteiger partial charge on any atom is -0.396 e. The fraction of sp³-hybridized carbons (Fsp3) is 0.667. The summed E-state index contributed by atoms with van der Waals surface area (Å²) in [5.74, 6) is 1.11. The van der Waals surface area contributed by atoms with Crippen molar-refractivity contribution in [1.82, 2.24) is 9.78 Å². The average Bonchev–Trinajstić information content (AvgIpc) is 2.52. The number of nitrogens with zero attached hydrogens (tertiary/aromatic N) is 3. The number of hydrogen-bond donors (Lipinski definition) is 2. The largest absolute Gasteiger partial charge is 0.396 e. The van der Waals surface area contributed by atoms with Gasteiger partial charge in [-0.1, -0.05) is 13.8 Å². The number of aliphatic hydroxyl groups excluding tert-OH is 1. The Bertz CT molecular complexity index is 417. The van der Waals surface area contributed by atoms with Crippen LogP contribution in [0.5, 0.6) is 0 Å². The summed E-state index contributed by atoms with van der Waals surface area (Å²) < 4.78 is 1.68. The molecule has 0 amide bonds. The van der Waals surface area contributed by atoms with Crippen molar-refractivity contribution in [3.05, 3.63) is 11.3 Å². The molecular formula is C12H20N4O. The molecule has 0 aromatic carbocycles. The molecule has 1 atom stereocenters. The Morgan fingerprint density at radius 2 is 2.18 bits per heavy atom. The van der Waals surface area contributed by atoms with Gasteiger partial charge in [0.1, 0.15) is 17.5 Å². The van der Waals surface area contributed by atoms with E-state index in [1.807, 2.05) is 14.0 Å². The average molecular weight is 236 g/mol. The van der Waals surface area contributed by atoms with Crippen LogP contribution in [0.1, 0.15) is 31.5 Å². The maximum absolute atomic E-state index is 9.10. The maximum atomic E-state index is 9.10. The highest BCUT2D eigenvalue weighted by Gasteiger charge is 2.18. The zero-order valence-electron chi connectivity index (χ0n) is 10.9. The molecule has 0 fully saturated rings. The molecule has 0 bridgehead atoms. The van der Waals surface area contributed by atoms with Gasteiger partial charge < -0.3 is 10.4 Å². The summed E-state index contributed by atoms with van der Waals surface area (Å²) in [6.07, 6.45) is 0.659. The zero-order chi connectivity index (χ0) is 13.0. The lowest BCUT2D eigenvalue weighted by Gasteiger charge is -2.22. The van der Waals surface area contributed by atoms with Gasteiger partial charge in [0.2, 0.25) is 0 Å². The Labute approximate surface area is 102 Å². The lowest BCUT2D eigenvalue weighted by molar-refractivity contribution is 0.267. The van der Waals surface area contributed by atoms with Crippen LogP contribution in [0.3, 0.4) is 0 Å². The summed E-state index contributed by atoms with van der Waals surface area (Å²) in [6, 6.07) is 2.30. The number of aromatic nitrogens is 2. The molecule has 17 heavy (non-hydrogen) atoms. The Morgan fingerprint density at radius 1 is 1.53 bits per heavy atom. The van der Waals surface area contributed by atoms with Gasteiger partial charge >= 0.3 is 0 Å². The van der Waals surface area contributed by atoms with Crippen molar-refractivity contribution in [3.63, 3.8) is 0 Å². The number of aryl methyl sites for hydroxylation is 2. The zero-order valence-corrected chi connectivity index (χ0v) is 10.9. The van der Waals surface area contributed by atoms with E-state index in [0.29, 0.717) is 17.9 Å². The first-order chi connectivity index (χ1) is 8.01. The van der Waals surface area contributed by atoms with E-state index in [1.54, 1.807) is 4.68 Å². The smallest absolute Gasteiger partial charge is 0.142 e. The number of aliphatic hydroxyl groups is 1. The SMILES string of the molecule is Cc1nn(C)c(NC(CCO)C(C)C)c1C#N. The van der Waals surface area contributed by atoms with Crippen LogP contribution in [-0.4, -0.2) is 27.5 Å². The molecule has 0 aliphatic rings. The molecule has 0 spiro atoms. The van der Waals surface area contributed by atoms with Crippen LogP contribution >= 0.6 is 0 Å². The van der Waals surface area contributed by atoms with E-state index in [2.05, 4.69) is 30.3 Å². The molecule has 0 saturated heterocycles. The molecule has 1 unspecified atom stereocenters. The van der Waals surface area contributed by atoms with Crippen LogP contribution in [0.15, 0.2) is 0 Å². The van der Waals surface area contributed by atoms with Crippen molar-refractivity contribution in [2.45, 2.75) is 33.2 Å². The van der Waals surface area contributed by atoms with E-state index in [-0.39, 0.29) is 12.6 Å². The van der Waals surface area contributed by atoms with Gasteiger partial charge in [0.15, 0.2) is 0 Å². The predicted molar refractivity (Wildman–Crippen MR) is 66.6 cm³/mol. The second-order valence-corrected chi connectivity index (χ2v) is 4.55. The summed E-state index contributed by atoms with van der Waals surface area (Å²) in [4.78, 5) is 0. The first-order valence-corrected chi connectivity index (χ1v) is 5.82. The molecule has 0 radical (unpaired) electrons. The van der Waals surface area contributed by atoms with Gasteiger partial charge in [-0.15, -0.1) is 0 Å². The van der Waals surface area contributed by atoms with E-state index in [1.165, 1.54) is 0 Å². The number of anilines is 1. The second-order valence-electron chi connectivity index (χ2n) is 4.55. The van der Waals surface area contributed by atoms with Crippen LogP contribution in [0, 0.1) is 24.2 Å². The van der Waals surface area contributed by atoms with Gasteiger partial charge in [0.25, 0.3) is 0 Å². The molecule has 5 nitrogen and oxygen atoms in total. The van der Waals surface area contributed by atoms with Crippen molar-refractivity contribution >= 4 is 5.82 Å². The molecule has 0 saturated carbocycles. The molecule has 1 aromatic rings. The minimum atomic E-state index is 0.133. The Hall–Kier alpha value is -1.54. The molecule has 1 aromatic heterocycles. The summed E-state index contributed by atoms with van der Waals surface area (Å²) in [5.41, 5.74) is 1.31. The number of nitrogens with one attached hydrogen (secondary N) is 1. The van der Waals surface area contributed by atoms with Crippen molar-refractivity contribution in [1.29, 1.82) is 5.26 Å². The van der Waals surface area contributed by atoms with Gasteiger partial charge in [-0.25, -0.2) is 0 Å². The van der Waals surface area contributed by atoms with E-state index >= 15 is 0 Å². The van der Waals surface area contributed by atoms with Gasteiger partial charge in [0, 0.05) is 19.7 Å². The topological polar surface area (TPSA) is 73.9 Å². The number of nitriles is 1. The van der Waals surface area contributed by atoms with Gasteiger partial charge in [-0.3, -0.25) is 4.68 Å². The summed E-state index contributed by atoms with van der Waals surface area (Å²) in [7, 11) is 1.81. The van der Waals surface area contributed by atoms with E-state index in [4.69, 9.17) is 10.4 Å². The standard InChI is InChI=1S/C12H20N4O/c1-8(2)11(5-6-17)14-12-10(7-13)9(3)15-16(12)4/h8,11,14,17H,5-6H2,1-4H3. The third-order valence-corrected chi connectivity index (χ3v) is 2.90. The number of rotatable bonds is 5. The fourth-order valence-corrected chi connectivity index (χ4v) is 1.84. The maximum Gasteiger partial charge on any atom is 0.142 e. The van der Waals surface area contributed by atoms with E-state index < -0.39 is 0 Å². The Morgan fingerprint density at radius 3 is 2.65 bits per heavy atom. The molecule has 1 heterocycles. The summed E-state index contributed by atoms with van der Waals surface area (Å²) >= 11 is 0. The van der Waals surface area contributed by atoms with Crippen LogP contribution in [0.2, 0.25) is 0 Å². The minimum absolute atomic E-state index is 0.133. The fourth-order valence-electron chi connectivity index (χ4n) is 1.84. The third-order valence-electron chi connectivity index (χ3n) is 2.90. The lowest BCUT2D eigenvalue weighted by atomic mass is 10.0. The summed E-state index contributed by atoms with van der Waals surface area (Å²) in [5, 5.41) is 25.7. The highest BCUT2D eigenvalue weighted by Crippen LogP contribution is 2.21. The Kier molecular flexibility index (Phi) is 4.53. The Balaban J connectivity index is 2.97.